The fourth-order valence-electron chi connectivity index (χ4n) is 9.18. The summed E-state index contributed by atoms with van der Waals surface area (Å²) in [6.07, 6.45) is 0. The van der Waals surface area contributed by atoms with E-state index in [1.807, 2.05) is 60.7 Å². The Kier molecular flexibility index (Phi) is 7.12. The SMILES string of the molecule is CC1(C)c2ccccc2C2(c3ccccc3-c3c(-c4ccc(-c5cc(-c6cccc(C#N)c6)nc(-c6ccccc6)n5)cc4)cccc32)c2ccccc21. The Morgan fingerprint density at radius 3 is 1.63 bits per heavy atom. The first kappa shape index (κ1) is 31.8. The van der Waals surface area contributed by atoms with Crippen molar-refractivity contribution in [3.05, 3.63) is 215 Å². The molecule has 2 aliphatic rings. The van der Waals surface area contributed by atoms with E-state index in [1.165, 1.54) is 50.1 Å². The van der Waals surface area contributed by atoms with Gasteiger partial charge < -0.3 is 0 Å². The zero-order chi connectivity index (χ0) is 36.4. The normalized spacial score (nSPS) is 14.0. The van der Waals surface area contributed by atoms with Crippen molar-refractivity contribution in [1.82, 2.24) is 9.97 Å². The molecule has 0 bridgehead atoms. The molecule has 0 N–H and O–H groups in total. The second-order valence-corrected chi connectivity index (χ2v) is 14.8. The number of benzene rings is 7. The summed E-state index contributed by atoms with van der Waals surface area (Å²) in [6, 6.07) is 64.8. The van der Waals surface area contributed by atoms with Gasteiger partial charge in [0.15, 0.2) is 5.82 Å². The summed E-state index contributed by atoms with van der Waals surface area (Å²) in [5.74, 6) is 0.647. The molecule has 254 valence electrons. The van der Waals surface area contributed by atoms with Crippen molar-refractivity contribution in [2.45, 2.75) is 24.7 Å². The lowest BCUT2D eigenvalue weighted by molar-refractivity contribution is 0.563. The number of aromatic nitrogens is 2. The zero-order valence-corrected chi connectivity index (χ0v) is 30.1. The number of fused-ring (bicyclic) bond motifs is 9. The van der Waals surface area contributed by atoms with Crippen molar-refractivity contribution >= 4 is 0 Å². The molecule has 54 heavy (non-hydrogen) atoms. The Morgan fingerprint density at radius 2 is 0.944 bits per heavy atom. The highest BCUT2D eigenvalue weighted by Crippen LogP contribution is 2.63. The van der Waals surface area contributed by atoms with Crippen LogP contribution in [0.5, 0.6) is 0 Å². The Balaban J connectivity index is 1.14. The van der Waals surface area contributed by atoms with Gasteiger partial charge in [0, 0.05) is 22.1 Å². The van der Waals surface area contributed by atoms with Crippen LogP contribution in [0.2, 0.25) is 0 Å². The summed E-state index contributed by atoms with van der Waals surface area (Å²) < 4.78 is 0. The van der Waals surface area contributed by atoms with Crippen LogP contribution in [0.25, 0.3) is 56.2 Å². The van der Waals surface area contributed by atoms with Gasteiger partial charge in [0.1, 0.15) is 0 Å². The molecule has 3 nitrogen and oxygen atoms in total. The van der Waals surface area contributed by atoms with E-state index < -0.39 is 5.41 Å². The van der Waals surface area contributed by atoms with Gasteiger partial charge >= 0.3 is 0 Å². The Morgan fingerprint density at radius 1 is 0.426 bits per heavy atom. The molecular formula is C51H35N3. The van der Waals surface area contributed by atoms with Crippen molar-refractivity contribution in [3.8, 4) is 62.2 Å². The maximum atomic E-state index is 9.60. The maximum Gasteiger partial charge on any atom is 0.160 e. The minimum atomic E-state index is -0.432. The van der Waals surface area contributed by atoms with Crippen molar-refractivity contribution in [3.63, 3.8) is 0 Å². The summed E-state index contributed by atoms with van der Waals surface area (Å²) in [6.45, 7) is 4.73. The predicted octanol–water partition coefficient (Wildman–Crippen LogP) is 12.0. The summed E-state index contributed by atoms with van der Waals surface area (Å²) in [5.41, 5.74) is 17.5. The highest BCUT2D eigenvalue weighted by atomic mass is 14.9. The first-order valence-corrected chi connectivity index (χ1v) is 18.5. The zero-order valence-electron chi connectivity index (χ0n) is 30.1. The van der Waals surface area contributed by atoms with Crippen LogP contribution in [-0.4, -0.2) is 9.97 Å². The molecule has 1 spiro atoms. The summed E-state index contributed by atoms with van der Waals surface area (Å²) in [7, 11) is 0. The fraction of sp³-hybridized carbons (Fsp3) is 0.0784. The van der Waals surface area contributed by atoms with Gasteiger partial charge in [-0.25, -0.2) is 9.97 Å². The molecule has 0 amide bonds. The molecule has 0 fully saturated rings. The Bertz CT molecular complexity index is 2760. The van der Waals surface area contributed by atoms with E-state index in [4.69, 9.17) is 9.97 Å². The van der Waals surface area contributed by atoms with Gasteiger partial charge in [0.05, 0.1) is 28.4 Å². The van der Waals surface area contributed by atoms with Crippen LogP contribution in [0.3, 0.4) is 0 Å². The second-order valence-electron chi connectivity index (χ2n) is 14.8. The summed E-state index contributed by atoms with van der Waals surface area (Å²) in [5, 5.41) is 9.60. The van der Waals surface area contributed by atoms with Crippen LogP contribution in [0.15, 0.2) is 176 Å². The van der Waals surface area contributed by atoms with E-state index in [-0.39, 0.29) is 5.41 Å². The second kappa shape index (κ2) is 12.1. The molecular weight excluding hydrogens is 655 g/mol. The molecule has 1 heterocycles. The van der Waals surface area contributed by atoms with E-state index in [1.54, 1.807) is 0 Å². The largest absolute Gasteiger partial charge is 0.228 e. The topological polar surface area (TPSA) is 49.6 Å². The Labute approximate surface area is 315 Å². The van der Waals surface area contributed by atoms with Gasteiger partial charge in [-0.05, 0) is 73.8 Å². The standard InChI is InChI=1S/C51H35N3/c1-50(2)41-21-8-10-23-43(41)51(44-24-11-9-22-42(44)50)40-20-7-6-18-39(40)48-38(19-13-25-45(48)51)34-26-28-35(29-27-34)46-31-47(37-17-12-14-33(30-37)32-52)54-49(53-46)36-15-4-3-5-16-36/h3-31H,1-2H3. The van der Waals surface area contributed by atoms with E-state index >= 15 is 0 Å². The fourth-order valence-corrected chi connectivity index (χ4v) is 9.18. The lowest BCUT2D eigenvalue weighted by Crippen LogP contribution is -2.40. The van der Waals surface area contributed by atoms with Crippen LogP contribution >= 0.6 is 0 Å². The van der Waals surface area contributed by atoms with Crippen molar-refractivity contribution < 1.29 is 0 Å². The maximum absolute atomic E-state index is 9.60. The molecule has 8 aromatic rings. The third-order valence-electron chi connectivity index (χ3n) is 11.6. The molecule has 7 aromatic carbocycles. The van der Waals surface area contributed by atoms with Crippen LogP contribution in [-0.2, 0) is 10.8 Å². The third kappa shape index (κ3) is 4.60. The van der Waals surface area contributed by atoms with E-state index in [0.717, 1.165) is 33.6 Å². The molecule has 10 rings (SSSR count). The highest BCUT2D eigenvalue weighted by Gasteiger charge is 2.53. The van der Waals surface area contributed by atoms with Gasteiger partial charge in [0.25, 0.3) is 0 Å². The molecule has 0 saturated carbocycles. The van der Waals surface area contributed by atoms with Crippen LogP contribution < -0.4 is 0 Å². The highest BCUT2D eigenvalue weighted by molar-refractivity contribution is 5.96. The quantitative estimate of drug-likeness (QED) is 0.185. The van der Waals surface area contributed by atoms with Crippen LogP contribution in [0.4, 0.5) is 0 Å². The summed E-state index contributed by atoms with van der Waals surface area (Å²) in [4.78, 5) is 10.0. The molecule has 0 radical (unpaired) electrons. The monoisotopic (exact) mass is 689 g/mol. The number of hydrogen-bond acceptors (Lipinski definition) is 3. The van der Waals surface area contributed by atoms with E-state index in [2.05, 4.69) is 135 Å². The van der Waals surface area contributed by atoms with Gasteiger partial charge in [0.2, 0.25) is 0 Å². The molecule has 0 atom stereocenters. The average molecular weight is 690 g/mol. The number of rotatable bonds is 4. The molecule has 0 saturated heterocycles. The molecule has 1 aromatic heterocycles. The first-order valence-electron chi connectivity index (χ1n) is 18.5. The minimum absolute atomic E-state index is 0.136. The minimum Gasteiger partial charge on any atom is -0.228 e. The number of nitrogens with zero attached hydrogens (tertiary/aromatic N) is 3. The molecule has 2 aliphatic carbocycles. The van der Waals surface area contributed by atoms with E-state index in [9.17, 15) is 5.26 Å². The smallest absolute Gasteiger partial charge is 0.160 e. The predicted molar refractivity (Wildman–Crippen MR) is 218 cm³/mol. The average Bonchev–Trinajstić information content (AvgIpc) is 3.54. The summed E-state index contributed by atoms with van der Waals surface area (Å²) >= 11 is 0. The number of nitriles is 1. The van der Waals surface area contributed by atoms with Gasteiger partial charge in [-0.2, -0.15) is 5.26 Å². The van der Waals surface area contributed by atoms with Crippen molar-refractivity contribution in [2.75, 3.05) is 0 Å². The van der Waals surface area contributed by atoms with Crippen LogP contribution in [0.1, 0.15) is 52.8 Å². The molecule has 0 aliphatic heterocycles. The van der Waals surface area contributed by atoms with Crippen molar-refractivity contribution in [1.29, 1.82) is 5.26 Å². The number of hydrogen-bond donors (Lipinski definition) is 0. The lowest BCUT2D eigenvalue weighted by atomic mass is 9.55. The third-order valence-corrected chi connectivity index (χ3v) is 11.6. The van der Waals surface area contributed by atoms with Gasteiger partial charge in [-0.1, -0.05) is 172 Å². The molecule has 0 unspecified atom stereocenters. The first-order chi connectivity index (χ1) is 26.5. The van der Waals surface area contributed by atoms with Gasteiger partial charge in [-0.15, -0.1) is 0 Å². The van der Waals surface area contributed by atoms with Gasteiger partial charge in [-0.3, -0.25) is 0 Å². The van der Waals surface area contributed by atoms with E-state index in [0.29, 0.717) is 11.4 Å². The van der Waals surface area contributed by atoms with Crippen molar-refractivity contribution in [2.24, 2.45) is 0 Å². The molecule has 3 heteroatoms. The lowest BCUT2D eigenvalue weighted by Gasteiger charge is -2.46. The Hall–Kier alpha value is -6.89. The van der Waals surface area contributed by atoms with Crippen LogP contribution in [0, 0.1) is 11.3 Å².